The van der Waals surface area contributed by atoms with Crippen LogP contribution in [0.5, 0.6) is 0 Å². The molecular weight excluding hydrogens is 227 g/mol. The molecule has 2 atom stereocenters. The van der Waals surface area contributed by atoms with Gasteiger partial charge in [-0.05, 0) is 42.9 Å². The molecule has 0 heterocycles. The van der Waals surface area contributed by atoms with Gasteiger partial charge in [-0.3, -0.25) is 0 Å². The third-order valence-electron chi connectivity index (χ3n) is 4.11. The maximum atomic E-state index is 12.5. The van der Waals surface area contributed by atoms with Gasteiger partial charge in [-0.25, -0.2) is 0 Å². The first-order valence-electron chi connectivity index (χ1n) is 5.88. The van der Waals surface area contributed by atoms with E-state index < -0.39 is 11.7 Å². The topological polar surface area (TPSA) is 26.0 Å². The second-order valence-corrected chi connectivity index (χ2v) is 5.20. The van der Waals surface area contributed by atoms with Gasteiger partial charge in [0.05, 0.1) is 5.56 Å². The molecule has 1 unspecified atom stereocenters. The molecule has 1 aromatic rings. The number of nitrogens with two attached hydrogens (primary N) is 1. The molecule has 4 heteroatoms. The van der Waals surface area contributed by atoms with Gasteiger partial charge < -0.3 is 5.73 Å². The average Bonchev–Trinajstić information content (AvgIpc) is 3.11. The van der Waals surface area contributed by atoms with Crippen LogP contribution in [0.3, 0.4) is 0 Å². The van der Waals surface area contributed by atoms with Crippen molar-refractivity contribution in [2.75, 3.05) is 0 Å². The second-order valence-electron chi connectivity index (χ2n) is 5.20. The lowest BCUT2D eigenvalue weighted by atomic mass is 9.89. The number of rotatable bonds is 2. The number of hydrogen-bond acceptors (Lipinski definition) is 1. The molecule has 0 radical (unpaired) electrons. The fraction of sp³-hybridized carbons (Fsp3) is 0.538. The van der Waals surface area contributed by atoms with Gasteiger partial charge in [0.2, 0.25) is 0 Å². The molecule has 2 aliphatic carbocycles. The first-order valence-corrected chi connectivity index (χ1v) is 5.88. The Balaban J connectivity index is 1.90. The lowest BCUT2D eigenvalue weighted by Gasteiger charge is -2.17. The summed E-state index contributed by atoms with van der Waals surface area (Å²) in [5.41, 5.74) is 6.37. The zero-order valence-corrected chi connectivity index (χ0v) is 9.30. The van der Waals surface area contributed by atoms with E-state index in [1.165, 1.54) is 12.1 Å². The maximum Gasteiger partial charge on any atom is 0.416 e. The van der Waals surface area contributed by atoms with E-state index in [4.69, 9.17) is 5.73 Å². The van der Waals surface area contributed by atoms with Gasteiger partial charge in [0.25, 0.3) is 0 Å². The molecule has 0 saturated heterocycles. The summed E-state index contributed by atoms with van der Waals surface area (Å²) in [5, 5.41) is 0. The van der Waals surface area contributed by atoms with Crippen molar-refractivity contribution in [3.05, 3.63) is 35.4 Å². The summed E-state index contributed by atoms with van der Waals surface area (Å²) in [6.07, 6.45) is -1.01. The number of hydrogen-bond donors (Lipinski definition) is 1. The molecule has 0 aliphatic heterocycles. The molecule has 2 fully saturated rings. The van der Waals surface area contributed by atoms with Crippen LogP contribution < -0.4 is 5.73 Å². The van der Waals surface area contributed by atoms with Crippen molar-refractivity contribution in [2.45, 2.75) is 36.9 Å². The Morgan fingerprint density at radius 1 is 1.12 bits per heavy atom. The lowest BCUT2D eigenvalue weighted by molar-refractivity contribution is -0.137. The summed E-state index contributed by atoms with van der Waals surface area (Å²) in [6, 6.07) is 5.68. The average molecular weight is 241 g/mol. The summed E-state index contributed by atoms with van der Waals surface area (Å²) in [5.74, 6) is 0.592. The van der Waals surface area contributed by atoms with E-state index in [9.17, 15) is 13.2 Å². The fourth-order valence-electron chi connectivity index (χ4n) is 2.91. The van der Waals surface area contributed by atoms with Crippen LogP contribution in [0.25, 0.3) is 0 Å². The summed E-state index contributed by atoms with van der Waals surface area (Å²) in [7, 11) is 0. The van der Waals surface area contributed by atoms with Crippen molar-refractivity contribution < 1.29 is 13.2 Å². The Bertz CT molecular complexity index is 433. The van der Waals surface area contributed by atoms with Crippen LogP contribution in [0.2, 0.25) is 0 Å². The minimum atomic E-state index is -4.25. The van der Waals surface area contributed by atoms with Crippen LogP contribution in [0.15, 0.2) is 24.3 Å². The molecule has 2 aliphatic rings. The van der Waals surface area contributed by atoms with Gasteiger partial charge >= 0.3 is 6.18 Å². The highest BCUT2D eigenvalue weighted by atomic mass is 19.4. The normalized spacial score (nSPS) is 32.6. The maximum absolute atomic E-state index is 12.5. The molecule has 0 aromatic heterocycles. The minimum Gasteiger partial charge on any atom is -0.327 e. The Morgan fingerprint density at radius 2 is 1.65 bits per heavy atom. The minimum absolute atomic E-state index is 0.00979. The van der Waals surface area contributed by atoms with E-state index in [1.807, 2.05) is 0 Å². The van der Waals surface area contributed by atoms with Crippen LogP contribution in [-0.4, -0.2) is 6.04 Å². The lowest BCUT2D eigenvalue weighted by Crippen LogP contribution is -2.21. The molecule has 0 amide bonds. The highest BCUT2D eigenvalue weighted by Gasteiger charge is 2.61. The van der Waals surface area contributed by atoms with Crippen molar-refractivity contribution in [3.8, 4) is 0 Å². The molecule has 2 N–H and O–H groups in total. The van der Waals surface area contributed by atoms with Gasteiger partial charge in [0, 0.05) is 11.5 Å². The molecule has 17 heavy (non-hydrogen) atoms. The van der Waals surface area contributed by atoms with Crippen molar-refractivity contribution in [3.63, 3.8) is 0 Å². The molecule has 0 spiro atoms. The Labute approximate surface area is 97.8 Å². The van der Waals surface area contributed by atoms with E-state index >= 15 is 0 Å². The highest BCUT2D eigenvalue weighted by Crippen LogP contribution is 2.61. The van der Waals surface area contributed by atoms with E-state index in [0.29, 0.717) is 5.92 Å². The van der Waals surface area contributed by atoms with Crippen LogP contribution in [0.4, 0.5) is 13.2 Å². The first-order chi connectivity index (χ1) is 7.94. The van der Waals surface area contributed by atoms with E-state index in [1.54, 1.807) is 12.1 Å². The first kappa shape index (κ1) is 11.1. The fourth-order valence-corrected chi connectivity index (χ4v) is 2.91. The van der Waals surface area contributed by atoms with E-state index in [-0.39, 0.29) is 11.5 Å². The third kappa shape index (κ3) is 1.66. The van der Waals surface area contributed by atoms with E-state index in [0.717, 1.165) is 24.8 Å². The van der Waals surface area contributed by atoms with Crippen molar-refractivity contribution in [2.24, 2.45) is 11.7 Å². The summed E-state index contributed by atoms with van der Waals surface area (Å²) in [6.45, 7) is 0. The van der Waals surface area contributed by atoms with Gasteiger partial charge in [-0.2, -0.15) is 13.2 Å². The predicted octanol–water partition coefficient (Wildman–Crippen LogP) is 3.08. The van der Waals surface area contributed by atoms with Gasteiger partial charge in [-0.1, -0.05) is 12.1 Å². The zero-order chi connectivity index (χ0) is 12.3. The second kappa shape index (κ2) is 3.25. The van der Waals surface area contributed by atoms with Gasteiger partial charge in [0.1, 0.15) is 0 Å². The number of alkyl halides is 3. The summed E-state index contributed by atoms with van der Waals surface area (Å²) in [4.78, 5) is 0. The summed E-state index contributed by atoms with van der Waals surface area (Å²) >= 11 is 0. The largest absolute Gasteiger partial charge is 0.416 e. The number of halogens is 3. The van der Waals surface area contributed by atoms with E-state index in [2.05, 4.69) is 0 Å². The predicted molar refractivity (Wildman–Crippen MR) is 58.4 cm³/mol. The Hall–Kier alpha value is -1.03. The van der Waals surface area contributed by atoms with Crippen molar-refractivity contribution in [1.82, 2.24) is 0 Å². The molecular formula is C13H14F3N. The van der Waals surface area contributed by atoms with Crippen LogP contribution in [0.1, 0.15) is 30.4 Å². The van der Waals surface area contributed by atoms with Crippen LogP contribution in [-0.2, 0) is 11.6 Å². The van der Waals surface area contributed by atoms with Crippen molar-refractivity contribution in [1.29, 1.82) is 0 Å². The monoisotopic (exact) mass is 241 g/mol. The van der Waals surface area contributed by atoms with Crippen LogP contribution >= 0.6 is 0 Å². The summed E-state index contributed by atoms with van der Waals surface area (Å²) < 4.78 is 37.4. The Kier molecular flexibility index (Phi) is 2.12. The molecule has 0 bridgehead atoms. The standard InChI is InChI=1S/C13H14F3N/c14-13(15,16)10-5-3-9(4-6-10)12(7-11(12)17)8-1-2-8/h3-6,8,11H,1-2,7,17H2/t11-,12?/m1/s1. The molecule has 1 aromatic carbocycles. The van der Waals surface area contributed by atoms with Crippen molar-refractivity contribution >= 4 is 0 Å². The number of benzene rings is 1. The SMILES string of the molecule is N[C@@H]1CC1(c1ccc(C(F)(F)F)cc1)C1CC1. The quantitative estimate of drug-likeness (QED) is 0.846. The van der Waals surface area contributed by atoms with Gasteiger partial charge in [-0.15, -0.1) is 0 Å². The Morgan fingerprint density at radius 3 is 2.00 bits per heavy atom. The molecule has 2 saturated carbocycles. The van der Waals surface area contributed by atoms with Gasteiger partial charge in [0.15, 0.2) is 0 Å². The molecule has 3 rings (SSSR count). The highest BCUT2D eigenvalue weighted by molar-refractivity contribution is 5.40. The third-order valence-corrected chi connectivity index (χ3v) is 4.11. The molecule has 1 nitrogen and oxygen atoms in total. The smallest absolute Gasteiger partial charge is 0.327 e. The zero-order valence-electron chi connectivity index (χ0n) is 9.30. The molecule has 92 valence electrons. The van der Waals surface area contributed by atoms with Crippen LogP contribution in [0, 0.1) is 5.92 Å².